The molecule has 100 valence electrons. The molecule has 0 aliphatic carbocycles. The number of alkyl halides is 1. The van der Waals surface area contributed by atoms with Crippen molar-refractivity contribution < 1.29 is 9.53 Å². The number of halogens is 1. The predicted molar refractivity (Wildman–Crippen MR) is 78.3 cm³/mol. The van der Waals surface area contributed by atoms with E-state index in [1.54, 1.807) is 0 Å². The summed E-state index contributed by atoms with van der Waals surface area (Å²) >= 11 is 3.67. The minimum Gasteiger partial charge on any atom is -0.375 e. The fraction of sp³-hybridized carbons (Fsp3) is 0.500. The van der Waals surface area contributed by atoms with Gasteiger partial charge in [0.05, 0.1) is 0 Å². The Labute approximate surface area is 117 Å². The van der Waals surface area contributed by atoms with E-state index in [1.807, 2.05) is 24.3 Å². The number of amides is 1. The van der Waals surface area contributed by atoms with E-state index in [2.05, 4.69) is 28.2 Å². The van der Waals surface area contributed by atoms with Crippen LogP contribution in [-0.2, 0) is 16.0 Å². The number of anilines is 1. The van der Waals surface area contributed by atoms with E-state index < -0.39 is 0 Å². The maximum absolute atomic E-state index is 11.3. The van der Waals surface area contributed by atoms with Crippen molar-refractivity contribution in [2.75, 3.05) is 19.0 Å². The minimum atomic E-state index is -0.130. The summed E-state index contributed by atoms with van der Waals surface area (Å²) in [6.07, 6.45) is 3.37. The highest BCUT2D eigenvalue weighted by atomic mass is 79.9. The average molecular weight is 314 g/mol. The molecule has 0 aromatic heterocycles. The smallest absolute Gasteiger partial charge is 0.250 e. The van der Waals surface area contributed by atoms with Gasteiger partial charge in [0, 0.05) is 17.6 Å². The van der Waals surface area contributed by atoms with Crippen molar-refractivity contribution in [2.24, 2.45) is 0 Å². The van der Waals surface area contributed by atoms with Gasteiger partial charge in [0.25, 0.3) is 0 Å². The zero-order chi connectivity index (χ0) is 13.4. The first-order chi connectivity index (χ1) is 8.65. The lowest BCUT2D eigenvalue weighted by molar-refractivity contribution is -0.119. The minimum absolute atomic E-state index is 0.0850. The van der Waals surface area contributed by atoms with Crippen molar-refractivity contribution in [3.8, 4) is 0 Å². The number of benzene rings is 1. The van der Waals surface area contributed by atoms with Crippen molar-refractivity contribution >= 4 is 27.5 Å². The topological polar surface area (TPSA) is 38.3 Å². The van der Waals surface area contributed by atoms with Gasteiger partial charge in [-0.1, -0.05) is 41.4 Å². The monoisotopic (exact) mass is 313 g/mol. The van der Waals surface area contributed by atoms with Gasteiger partial charge in [0.1, 0.15) is 6.61 Å². The zero-order valence-electron chi connectivity index (χ0n) is 10.9. The average Bonchev–Trinajstić information content (AvgIpc) is 2.32. The molecule has 18 heavy (non-hydrogen) atoms. The van der Waals surface area contributed by atoms with Crippen molar-refractivity contribution in [2.45, 2.75) is 31.0 Å². The number of carbonyl (C=O) groups is 1. The summed E-state index contributed by atoms with van der Waals surface area (Å²) < 4.78 is 4.76. The first-order valence-electron chi connectivity index (χ1n) is 6.17. The number of methoxy groups -OCH3 is 1. The molecule has 1 N–H and O–H groups in total. The van der Waals surface area contributed by atoms with E-state index in [0.29, 0.717) is 4.83 Å². The van der Waals surface area contributed by atoms with Crippen LogP contribution in [0, 0.1) is 0 Å². The van der Waals surface area contributed by atoms with Gasteiger partial charge in [-0.15, -0.1) is 0 Å². The summed E-state index contributed by atoms with van der Waals surface area (Å²) in [4.78, 5) is 11.8. The molecule has 1 unspecified atom stereocenters. The van der Waals surface area contributed by atoms with Crippen LogP contribution in [0.3, 0.4) is 0 Å². The molecular weight excluding hydrogens is 294 g/mol. The highest BCUT2D eigenvalue weighted by Crippen LogP contribution is 2.17. The second-order valence-corrected chi connectivity index (χ2v) is 5.56. The summed E-state index contributed by atoms with van der Waals surface area (Å²) in [5, 5.41) is 2.77. The van der Waals surface area contributed by atoms with Crippen molar-refractivity contribution in [1.29, 1.82) is 0 Å². The van der Waals surface area contributed by atoms with E-state index in [9.17, 15) is 4.79 Å². The maximum Gasteiger partial charge on any atom is 0.250 e. The number of carbonyl (C=O) groups excluding carboxylic acids is 1. The predicted octanol–water partition coefficient (Wildman–Crippen LogP) is 3.38. The molecule has 0 aliphatic heterocycles. The molecule has 3 nitrogen and oxygen atoms in total. The van der Waals surface area contributed by atoms with Crippen molar-refractivity contribution in [3.05, 3.63) is 29.8 Å². The lowest BCUT2D eigenvalue weighted by Gasteiger charge is -2.09. The molecule has 0 spiro atoms. The molecule has 0 bridgehead atoms. The van der Waals surface area contributed by atoms with E-state index in [0.717, 1.165) is 12.1 Å². The maximum atomic E-state index is 11.3. The molecule has 0 fully saturated rings. The van der Waals surface area contributed by atoms with E-state index >= 15 is 0 Å². The fourth-order valence-electron chi connectivity index (χ4n) is 1.72. The van der Waals surface area contributed by atoms with Crippen LogP contribution in [0.5, 0.6) is 0 Å². The van der Waals surface area contributed by atoms with Crippen LogP contribution in [0.25, 0.3) is 0 Å². The van der Waals surface area contributed by atoms with Crippen LogP contribution in [0.15, 0.2) is 24.3 Å². The molecule has 0 radical (unpaired) electrons. The third-order valence-corrected chi connectivity index (χ3v) is 3.35. The number of nitrogens with one attached hydrogen (secondary N) is 1. The Balaban J connectivity index is 2.49. The Morgan fingerprint density at radius 2 is 2.06 bits per heavy atom. The molecule has 4 heteroatoms. The molecule has 0 aliphatic rings. The first-order valence-corrected chi connectivity index (χ1v) is 7.09. The molecule has 1 aromatic rings. The highest BCUT2D eigenvalue weighted by Gasteiger charge is 2.05. The van der Waals surface area contributed by atoms with Crippen LogP contribution in [-0.4, -0.2) is 24.5 Å². The Bertz CT molecular complexity index is 365. The van der Waals surface area contributed by atoms with E-state index in [4.69, 9.17) is 4.74 Å². The summed E-state index contributed by atoms with van der Waals surface area (Å²) in [7, 11) is 1.51. The Morgan fingerprint density at radius 3 is 2.61 bits per heavy atom. The molecule has 1 rings (SSSR count). The second kappa shape index (κ2) is 8.27. The molecule has 0 heterocycles. The quantitative estimate of drug-likeness (QED) is 0.784. The molecule has 1 amide bonds. The fourth-order valence-corrected chi connectivity index (χ4v) is 2.56. The number of hydrogen-bond acceptors (Lipinski definition) is 2. The summed E-state index contributed by atoms with van der Waals surface area (Å²) in [5.41, 5.74) is 2.08. The van der Waals surface area contributed by atoms with Gasteiger partial charge in [0.2, 0.25) is 5.91 Å². The van der Waals surface area contributed by atoms with Crippen LogP contribution < -0.4 is 5.32 Å². The van der Waals surface area contributed by atoms with Crippen LogP contribution >= 0.6 is 15.9 Å². The summed E-state index contributed by atoms with van der Waals surface area (Å²) in [6.45, 7) is 2.27. The van der Waals surface area contributed by atoms with Gasteiger partial charge in [-0.05, 0) is 30.5 Å². The van der Waals surface area contributed by atoms with Gasteiger partial charge >= 0.3 is 0 Å². The third-order valence-electron chi connectivity index (χ3n) is 2.57. The standard InChI is InChI=1S/C14H20BrNO2/c1-3-4-12(15)9-11-5-7-13(8-6-11)16-14(17)10-18-2/h5-8,12H,3-4,9-10H2,1-2H3,(H,16,17). The summed E-state index contributed by atoms with van der Waals surface area (Å²) in [6, 6.07) is 7.95. The highest BCUT2D eigenvalue weighted by molar-refractivity contribution is 9.09. The van der Waals surface area contributed by atoms with Crippen molar-refractivity contribution in [1.82, 2.24) is 0 Å². The van der Waals surface area contributed by atoms with Crippen LogP contribution in [0.2, 0.25) is 0 Å². The third kappa shape index (κ3) is 5.65. The molecule has 0 saturated heterocycles. The molecule has 0 saturated carbocycles. The molecule has 1 atom stereocenters. The summed E-state index contributed by atoms with van der Waals surface area (Å²) in [5.74, 6) is -0.130. The lowest BCUT2D eigenvalue weighted by Crippen LogP contribution is -2.17. The molecule has 1 aromatic carbocycles. The largest absolute Gasteiger partial charge is 0.375 e. The normalized spacial score (nSPS) is 12.2. The van der Waals surface area contributed by atoms with E-state index in [1.165, 1.54) is 25.5 Å². The van der Waals surface area contributed by atoms with Gasteiger partial charge in [-0.2, -0.15) is 0 Å². The van der Waals surface area contributed by atoms with Gasteiger partial charge < -0.3 is 10.1 Å². The first kappa shape index (κ1) is 15.2. The Kier molecular flexibility index (Phi) is 6.98. The number of hydrogen-bond donors (Lipinski definition) is 1. The van der Waals surface area contributed by atoms with Gasteiger partial charge in [0.15, 0.2) is 0 Å². The molecular formula is C14H20BrNO2. The Morgan fingerprint density at radius 1 is 1.39 bits per heavy atom. The Hall–Kier alpha value is -0.870. The zero-order valence-corrected chi connectivity index (χ0v) is 12.5. The van der Waals surface area contributed by atoms with Crippen molar-refractivity contribution in [3.63, 3.8) is 0 Å². The number of ether oxygens (including phenoxy) is 1. The van der Waals surface area contributed by atoms with Gasteiger partial charge in [-0.3, -0.25) is 4.79 Å². The lowest BCUT2D eigenvalue weighted by atomic mass is 10.1. The number of rotatable bonds is 7. The van der Waals surface area contributed by atoms with Gasteiger partial charge in [-0.25, -0.2) is 0 Å². The van der Waals surface area contributed by atoms with E-state index in [-0.39, 0.29) is 12.5 Å². The second-order valence-electron chi connectivity index (χ2n) is 4.27. The van der Waals surface area contributed by atoms with Crippen LogP contribution in [0.1, 0.15) is 25.3 Å². The SMILES string of the molecule is CCCC(Br)Cc1ccc(NC(=O)COC)cc1. The van der Waals surface area contributed by atoms with Crippen LogP contribution in [0.4, 0.5) is 5.69 Å².